The lowest BCUT2D eigenvalue weighted by atomic mass is 10.0. The summed E-state index contributed by atoms with van der Waals surface area (Å²) in [7, 11) is 0. The summed E-state index contributed by atoms with van der Waals surface area (Å²) >= 11 is 0. The summed E-state index contributed by atoms with van der Waals surface area (Å²) in [6.45, 7) is 7.54. The average molecular weight is 920 g/mol. The minimum Gasteiger partial charge on any atom is -0.463 e. The first kappa shape index (κ1) is 63.1. The van der Waals surface area contributed by atoms with Gasteiger partial charge in [0.15, 0.2) is 0 Å². The Morgan fingerprint density at radius 2 is 0.652 bits per heavy atom. The van der Waals surface area contributed by atoms with Gasteiger partial charge in [0, 0.05) is 19.4 Å². The molecule has 0 aliphatic carbocycles. The summed E-state index contributed by atoms with van der Waals surface area (Å²) in [4.78, 5) is 25.2. The molecular weight excluding hydrogens is 813 g/mol. The van der Waals surface area contributed by atoms with Crippen molar-refractivity contribution in [3.63, 3.8) is 0 Å². The minimum atomic E-state index is -0.436. The first-order chi connectivity index (χ1) is 32.6. The summed E-state index contributed by atoms with van der Waals surface area (Å²) in [5.41, 5.74) is 0. The molecule has 0 spiro atoms. The maximum Gasteiger partial charge on any atom is 0.306 e. The molecule has 380 valence electrons. The number of esters is 2. The third-order valence-electron chi connectivity index (χ3n) is 12.0. The Bertz CT molecular complexity index is 1220. The van der Waals surface area contributed by atoms with Gasteiger partial charge >= 0.3 is 11.9 Å². The molecule has 0 saturated carbocycles. The lowest BCUT2D eigenvalue weighted by molar-refractivity contribution is -0.155. The Hall–Kier alpha value is -2.92. The fraction of sp³-hybridized carbons (Fsp3) is 0.738. The molecule has 0 aliphatic heterocycles. The zero-order valence-electron chi connectivity index (χ0n) is 43.7. The van der Waals surface area contributed by atoms with E-state index in [4.69, 9.17) is 14.2 Å². The van der Waals surface area contributed by atoms with Gasteiger partial charge in [-0.05, 0) is 83.5 Å². The highest BCUT2D eigenvalue weighted by Gasteiger charge is 2.16. The van der Waals surface area contributed by atoms with E-state index in [1.807, 2.05) is 6.08 Å². The number of rotatable bonds is 51. The lowest BCUT2D eigenvalue weighted by Gasteiger charge is -2.18. The van der Waals surface area contributed by atoms with Gasteiger partial charge in [-0.1, -0.05) is 254 Å². The molecule has 1 atom stereocenters. The molecule has 0 aliphatic rings. The van der Waals surface area contributed by atoms with Crippen LogP contribution >= 0.6 is 0 Å². The van der Waals surface area contributed by atoms with Gasteiger partial charge in [-0.15, -0.1) is 0 Å². The number of hydrogen-bond acceptors (Lipinski definition) is 5. The zero-order chi connectivity index (χ0) is 47.7. The molecule has 0 aromatic carbocycles. The molecule has 0 amide bonds. The number of carbonyl (C=O) groups excluding carboxylic acids is 2. The number of carbonyl (C=O) groups is 2. The lowest BCUT2D eigenvalue weighted by Crippen LogP contribution is -2.29. The van der Waals surface area contributed by atoms with Crippen LogP contribution in [0, 0.1) is 0 Å². The molecule has 0 bridgehead atoms. The average Bonchev–Trinajstić information content (AvgIpc) is 3.32. The summed E-state index contributed by atoms with van der Waals surface area (Å²) < 4.78 is 17.4. The smallest absolute Gasteiger partial charge is 0.306 e. The van der Waals surface area contributed by atoms with E-state index < -0.39 is 6.10 Å². The summed E-state index contributed by atoms with van der Waals surface area (Å²) in [6, 6.07) is 0. The molecule has 0 aromatic heterocycles. The van der Waals surface area contributed by atoms with Crippen molar-refractivity contribution >= 4 is 11.9 Å². The fourth-order valence-corrected chi connectivity index (χ4v) is 7.74. The first-order valence-electron chi connectivity index (χ1n) is 28.1. The Morgan fingerprint density at radius 1 is 0.333 bits per heavy atom. The SMILES string of the molecule is CC/C=C\C/C=C\C/C=C\C/C=C\C/C=C\C/C=C\CCC(=O)OC[C@H](COC(=O)CCCCCCC/C=C\CCCCCCCC)OCCCCCCCCCCCCCCCCCC. The van der Waals surface area contributed by atoms with Crippen molar-refractivity contribution in [3.8, 4) is 0 Å². The van der Waals surface area contributed by atoms with Crippen molar-refractivity contribution in [1.29, 1.82) is 0 Å². The predicted molar refractivity (Wildman–Crippen MR) is 288 cm³/mol. The van der Waals surface area contributed by atoms with Crippen LogP contribution in [-0.4, -0.2) is 37.9 Å². The largest absolute Gasteiger partial charge is 0.463 e. The third kappa shape index (κ3) is 53.7. The second-order valence-corrected chi connectivity index (χ2v) is 18.5. The van der Waals surface area contributed by atoms with E-state index in [1.54, 1.807) is 0 Å². The zero-order valence-corrected chi connectivity index (χ0v) is 43.7. The Labute approximate surface area is 409 Å². The standard InChI is InChI=1S/C61H106O5/c1-4-7-10-13-16-19-22-25-28-30-31-32-34-37-40-43-46-49-52-55-61(63)66-58-59(64-56-53-50-47-44-41-38-35-29-26-23-20-17-14-11-8-5-2)57-65-60(62)54-51-48-45-42-39-36-33-27-24-21-18-15-12-9-6-3/h7,10,16,19,25,27-28,31-33,37,40,46,49,59H,4-6,8-9,11-15,17-18,20-24,26,29-30,34-36,38-39,41-45,47-48,50-58H2,1-3H3/b10-7-,19-16-,28-25-,32-31-,33-27-,40-37-,49-46-/t59-/m0/s1. The Balaban J connectivity index is 4.38. The van der Waals surface area contributed by atoms with Gasteiger partial charge in [0.25, 0.3) is 0 Å². The highest BCUT2D eigenvalue weighted by molar-refractivity contribution is 5.70. The van der Waals surface area contributed by atoms with Gasteiger partial charge < -0.3 is 14.2 Å². The van der Waals surface area contributed by atoms with Gasteiger partial charge in [0.05, 0.1) is 0 Å². The van der Waals surface area contributed by atoms with Crippen LogP contribution in [0.4, 0.5) is 0 Å². The van der Waals surface area contributed by atoms with Crippen LogP contribution < -0.4 is 0 Å². The van der Waals surface area contributed by atoms with Gasteiger partial charge in [0.1, 0.15) is 19.3 Å². The van der Waals surface area contributed by atoms with Gasteiger partial charge in [0.2, 0.25) is 0 Å². The van der Waals surface area contributed by atoms with Crippen molar-refractivity contribution in [1.82, 2.24) is 0 Å². The number of ether oxygens (including phenoxy) is 3. The quantitative estimate of drug-likeness (QED) is 0.0346. The fourth-order valence-electron chi connectivity index (χ4n) is 7.74. The number of unbranched alkanes of at least 4 members (excludes halogenated alkanes) is 26. The normalized spacial score (nSPS) is 12.8. The predicted octanol–water partition coefficient (Wildman–Crippen LogP) is 19.2. The van der Waals surface area contributed by atoms with E-state index in [0.717, 1.165) is 77.0 Å². The van der Waals surface area contributed by atoms with E-state index in [0.29, 0.717) is 25.9 Å². The van der Waals surface area contributed by atoms with E-state index in [9.17, 15) is 9.59 Å². The highest BCUT2D eigenvalue weighted by atomic mass is 16.6. The first-order valence-corrected chi connectivity index (χ1v) is 28.1. The van der Waals surface area contributed by atoms with Crippen molar-refractivity contribution in [2.75, 3.05) is 19.8 Å². The summed E-state index contributed by atoms with van der Waals surface area (Å²) in [6.07, 6.45) is 74.9. The van der Waals surface area contributed by atoms with E-state index in [-0.39, 0.29) is 25.2 Å². The van der Waals surface area contributed by atoms with Crippen molar-refractivity contribution < 1.29 is 23.8 Å². The van der Waals surface area contributed by atoms with Crippen LogP contribution in [-0.2, 0) is 23.8 Å². The van der Waals surface area contributed by atoms with Crippen LogP contribution in [0.2, 0.25) is 0 Å². The second-order valence-electron chi connectivity index (χ2n) is 18.5. The number of hydrogen-bond donors (Lipinski definition) is 0. The van der Waals surface area contributed by atoms with Crippen molar-refractivity contribution in [2.45, 2.75) is 271 Å². The Morgan fingerprint density at radius 3 is 1.06 bits per heavy atom. The molecule has 5 heteroatoms. The monoisotopic (exact) mass is 919 g/mol. The summed E-state index contributed by atoms with van der Waals surface area (Å²) in [5.74, 6) is -0.433. The van der Waals surface area contributed by atoms with Crippen molar-refractivity contribution in [2.24, 2.45) is 0 Å². The molecule has 0 rings (SSSR count). The summed E-state index contributed by atoms with van der Waals surface area (Å²) in [5, 5.41) is 0. The van der Waals surface area contributed by atoms with Crippen LogP contribution in [0.3, 0.4) is 0 Å². The van der Waals surface area contributed by atoms with Crippen LogP contribution in [0.1, 0.15) is 265 Å². The minimum absolute atomic E-state index is 0.113. The number of allylic oxidation sites excluding steroid dienone is 14. The van der Waals surface area contributed by atoms with Gasteiger partial charge in [-0.3, -0.25) is 9.59 Å². The topological polar surface area (TPSA) is 61.8 Å². The molecule has 0 aromatic rings. The van der Waals surface area contributed by atoms with Crippen LogP contribution in [0.5, 0.6) is 0 Å². The highest BCUT2D eigenvalue weighted by Crippen LogP contribution is 2.15. The molecule has 0 fully saturated rings. The van der Waals surface area contributed by atoms with Gasteiger partial charge in [-0.25, -0.2) is 0 Å². The van der Waals surface area contributed by atoms with Crippen LogP contribution in [0.15, 0.2) is 85.1 Å². The molecule has 0 saturated heterocycles. The third-order valence-corrected chi connectivity index (χ3v) is 12.0. The maximum atomic E-state index is 12.6. The van der Waals surface area contributed by atoms with E-state index >= 15 is 0 Å². The molecule has 0 heterocycles. The molecule has 66 heavy (non-hydrogen) atoms. The Kier molecular flexibility index (Phi) is 53.9. The molecule has 0 radical (unpaired) electrons. The molecular formula is C61H106O5. The van der Waals surface area contributed by atoms with E-state index in [2.05, 4.69) is 99.8 Å². The maximum absolute atomic E-state index is 12.6. The van der Waals surface area contributed by atoms with Crippen molar-refractivity contribution in [3.05, 3.63) is 85.1 Å². The molecule has 0 N–H and O–H groups in total. The molecule has 0 unspecified atom stereocenters. The second kappa shape index (κ2) is 56.4. The molecule has 5 nitrogen and oxygen atoms in total. The van der Waals surface area contributed by atoms with E-state index in [1.165, 1.54) is 148 Å². The van der Waals surface area contributed by atoms with Gasteiger partial charge in [-0.2, -0.15) is 0 Å². The van der Waals surface area contributed by atoms with Crippen LogP contribution in [0.25, 0.3) is 0 Å².